The van der Waals surface area contributed by atoms with Gasteiger partial charge < -0.3 is 15.2 Å². The number of carbonyl (C=O) groups is 1. The van der Waals surface area contributed by atoms with Gasteiger partial charge in [0.05, 0.1) is 10.7 Å². The standard InChI is InChI=1S/C17H22ClN5O/c18-13-7-3-4-8-14(13)20-17(24)19-11-6-10-16-22-21-15-9-2-1-5-12-23(15)16/h3-4,7-8H,1-2,5-6,9-12H2,(H2,19,20,24). The zero-order valence-corrected chi connectivity index (χ0v) is 14.4. The monoisotopic (exact) mass is 347 g/mol. The number of para-hydroxylation sites is 1. The van der Waals surface area contributed by atoms with Gasteiger partial charge in [-0.3, -0.25) is 0 Å². The molecule has 0 radical (unpaired) electrons. The van der Waals surface area contributed by atoms with Crippen molar-refractivity contribution in [2.24, 2.45) is 0 Å². The molecule has 128 valence electrons. The van der Waals surface area contributed by atoms with Gasteiger partial charge in [-0.15, -0.1) is 10.2 Å². The zero-order chi connectivity index (χ0) is 16.8. The van der Waals surface area contributed by atoms with E-state index in [0.29, 0.717) is 17.3 Å². The summed E-state index contributed by atoms with van der Waals surface area (Å²) in [5.74, 6) is 2.13. The topological polar surface area (TPSA) is 71.8 Å². The van der Waals surface area contributed by atoms with Crippen molar-refractivity contribution in [1.29, 1.82) is 0 Å². The second-order valence-electron chi connectivity index (χ2n) is 5.96. The molecule has 0 aliphatic carbocycles. The first-order chi connectivity index (χ1) is 11.7. The van der Waals surface area contributed by atoms with Gasteiger partial charge in [0.2, 0.25) is 0 Å². The van der Waals surface area contributed by atoms with E-state index < -0.39 is 0 Å². The predicted octanol–water partition coefficient (Wildman–Crippen LogP) is 3.41. The molecule has 6 nitrogen and oxygen atoms in total. The molecule has 0 saturated carbocycles. The molecule has 0 atom stereocenters. The van der Waals surface area contributed by atoms with Gasteiger partial charge >= 0.3 is 6.03 Å². The molecule has 2 aromatic rings. The molecule has 2 amide bonds. The minimum atomic E-state index is -0.247. The Hall–Kier alpha value is -2.08. The lowest BCUT2D eigenvalue weighted by molar-refractivity contribution is 0.252. The Morgan fingerprint density at radius 1 is 1.21 bits per heavy atom. The molecule has 1 aliphatic heterocycles. The third kappa shape index (κ3) is 4.26. The number of amides is 2. The Balaban J connectivity index is 1.43. The van der Waals surface area contributed by atoms with Gasteiger partial charge in [-0.25, -0.2) is 4.79 Å². The van der Waals surface area contributed by atoms with Gasteiger partial charge in [0.1, 0.15) is 11.6 Å². The van der Waals surface area contributed by atoms with Crippen LogP contribution in [0.3, 0.4) is 0 Å². The van der Waals surface area contributed by atoms with Crippen LogP contribution in [0.4, 0.5) is 10.5 Å². The summed E-state index contributed by atoms with van der Waals surface area (Å²) >= 11 is 6.02. The number of fused-ring (bicyclic) bond motifs is 1. The zero-order valence-electron chi connectivity index (χ0n) is 13.6. The molecule has 24 heavy (non-hydrogen) atoms. The van der Waals surface area contributed by atoms with Crippen molar-refractivity contribution in [2.75, 3.05) is 11.9 Å². The molecule has 1 aliphatic rings. The van der Waals surface area contributed by atoms with Crippen molar-refractivity contribution in [3.8, 4) is 0 Å². The highest BCUT2D eigenvalue weighted by atomic mass is 35.5. The Morgan fingerprint density at radius 2 is 2.08 bits per heavy atom. The maximum Gasteiger partial charge on any atom is 0.319 e. The van der Waals surface area contributed by atoms with Gasteiger partial charge in [0, 0.05) is 25.9 Å². The van der Waals surface area contributed by atoms with E-state index in [-0.39, 0.29) is 6.03 Å². The fourth-order valence-electron chi connectivity index (χ4n) is 2.91. The summed E-state index contributed by atoms with van der Waals surface area (Å²) in [7, 11) is 0. The number of benzene rings is 1. The average Bonchev–Trinajstić information content (AvgIpc) is 2.80. The number of anilines is 1. The van der Waals surface area contributed by atoms with Crippen LogP contribution in [0.2, 0.25) is 5.02 Å². The Labute approximate surface area is 146 Å². The third-order valence-corrected chi connectivity index (χ3v) is 4.50. The average molecular weight is 348 g/mol. The number of urea groups is 1. The van der Waals surface area contributed by atoms with Crippen molar-refractivity contribution in [3.05, 3.63) is 40.9 Å². The Bertz CT molecular complexity index is 700. The fourth-order valence-corrected chi connectivity index (χ4v) is 3.09. The van der Waals surface area contributed by atoms with Crippen LogP contribution in [-0.2, 0) is 19.4 Å². The largest absolute Gasteiger partial charge is 0.338 e. The van der Waals surface area contributed by atoms with Crippen molar-refractivity contribution in [2.45, 2.75) is 45.1 Å². The predicted molar refractivity (Wildman–Crippen MR) is 94.4 cm³/mol. The minimum absolute atomic E-state index is 0.247. The highest BCUT2D eigenvalue weighted by Crippen LogP contribution is 2.20. The highest BCUT2D eigenvalue weighted by Gasteiger charge is 2.14. The first-order valence-corrected chi connectivity index (χ1v) is 8.82. The van der Waals surface area contributed by atoms with E-state index in [9.17, 15) is 4.79 Å². The molecule has 2 heterocycles. The summed E-state index contributed by atoms with van der Waals surface area (Å²) in [6, 6.07) is 6.93. The molecule has 0 saturated heterocycles. The normalized spacial score (nSPS) is 13.9. The van der Waals surface area contributed by atoms with E-state index in [2.05, 4.69) is 25.4 Å². The molecule has 1 aromatic carbocycles. The SMILES string of the molecule is O=C(NCCCc1nnc2n1CCCCC2)Nc1ccccc1Cl. The number of rotatable bonds is 5. The van der Waals surface area contributed by atoms with Crippen LogP contribution in [0.15, 0.2) is 24.3 Å². The number of hydrogen-bond acceptors (Lipinski definition) is 3. The lowest BCUT2D eigenvalue weighted by Crippen LogP contribution is -2.30. The van der Waals surface area contributed by atoms with Crippen molar-refractivity contribution in [1.82, 2.24) is 20.1 Å². The van der Waals surface area contributed by atoms with Crippen molar-refractivity contribution < 1.29 is 4.79 Å². The summed E-state index contributed by atoms with van der Waals surface area (Å²) in [5, 5.41) is 14.7. The quantitative estimate of drug-likeness (QED) is 0.814. The second kappa shape index (κ2) is 8.15. The van der Waals surface area contributed by atoms with Gasteiger partial charge in [0.15, 0.2) is 0 Å². The van der Waals surface area contributed by atoms with Gasteiger partial charge in [-0.05, 0) is 31.4 Å². The summed E-state index contributed by atoms with van der Waals surface area (Å²) in [6.45, 7) is 1.59. The van der Waals surface area contributed by atoms with Gasteiger partial charge in [0.25, 0.3) is 0 Å². The Morgan fingerprint density at radius 3 is 2.96 bits per heavy atom. The smallest absolute Gasteiger partial charge is 0.319 e. The highest BCUT2D eigenvalue weighted by molar-refractivity contribution is 6.33. The summed E-state index contributed by atoms with van der Waals surface area (Å²) in [5.41, 5.74) is 0.611. The number of halogens is 1. The fraction of sp³-hybridized carbons (Fsp3) is 0.471. The molecule has 0 spiro atoms. The summed E-state index contributed by atoms with van der Waals surface area (Å²) in [4.78, 5) is 11.9. The summed E-state index contributed by atoms with van der Waals surface area (Å²) in [6.07, 6.45) is 6.31. The van der Waals surface area contributed by atoms with E-state index >= 15 is 0 Å². The van der Waals surface area contributed by atoms with Crippen molar-refractivity contribution in [3.63, 3.8) is 0 Å². The number of hydrogen-bond donors (Lipinski definition) is 2. The van der Waals surface area contributed by atoms with Crippen LogP contribution < -0.4 is 10.6 Å². The van der Waals surface area contributed by atoms with Crippen LogP contribution in [0, 0.1) is 0 Å². The maximum atomic E-state index is 11.9. The van der Waals surface area contributed by atoms with Crippen LogP contribution in [0.5, 0.6) is 0 Å². The number of nitrogens with zero attached hydrogens (tertiary/aromatic N) is 3. The maximum absolute atomic E-state index is 11.9. The lowest BCUT2D eigenvalue weighted by atomic mass is 10.2. The molecular formula is C17H22ClN5O. The molecule has 0 fully saturated rings. The molecule has 7 heteroatoms. The van der Waals surface area contributed by atoms with E-state index in [1.807, 2.05) is 12.1 Å². The first kappa shape index (κ1) is 16.8. The molecular weight excluding hydrogens is 326 g/mol. The molecule has 2 N–H and O–H groups in total. The lowest BCUT2D eigenvalue weighted by Gasteiger charge is -2.09. The van der Waals surface area contributed by atoms with E-state index in [4.69, 9.17) is 11.6 Å². The molecule has 1 aromatic heterocycles. The van der Waals surface area contributed by atoms with E-state index in [1.54, 1.807) is 12.1 Å². The van der Waals surface area contributed by atoms with Crippen molar-refractivity contribution >= 4 is 23.3 Å². The number of nitrogens with one attached hydrogen (secondary N) is 2. The van der Waals surface area contributed by atoms with Crippen LogP contribution in [0.25, 0.3) is 0 Å². The number of aromatic nitrogens is 3. The van der Waals surface area contributed by atoms with Crippen LogP contribution in [-0.4, -0.2) is 27.3 Å². The van der Waals surface area contributed by atoms with Crippen LogP contribution in [0.1, 0.15) is 37.3 Å². The van der Waals surface area contributed by atoms with Crippen LogP contribution >= 0.6 is 11.6 Å². The Kier molecular flexibility index (Phi) is 5.69. The van der Waals surface area contributed by atoms with E-state index in [1.165, 1.54) is 19.3 Å². The first-order valence-electron chi connectivity index (χ1n) is 8.44. The van der Waals surface area contributed by atoms with E-state index in [0.717, 1.165) is 37.5 Å². The molecule has 3 rings (SSSR count). The summed E-state index contributed by atoms with van der Waals surface area (Å²) < 4.78 is 2.25. The second-order valence-corrected chi connectivity index (χ2v) is 6.37. The third-order valence-electron chi connectivity index (χ3n) is 4.17. The number of carbonyl (C=O) groups excluding carboxylic acids is 1. The van der Waals surface area contributed by atoms with Gasteiger partial charge in [-0.2, -0.15) is 0 Å². The number of aryl methyl sites for hydroxylation is 2. The molecule has 0 bridgehead atoms. The van der Waals surface area contributed by atoms with Gasteiger partial charge in [-0.1, -0.05) is 30.2 Å². The molecule has 0 unspecified atom stereocenters. The minimum Gasteiger partial charge on any atom is -0.338 e.